The summed E-state index contributed by atoms with van der Waals surface area (Å²) in [5, 5.41) is 5.58. The third-order valence-electron chi connectivity index (χ3n) is 2.33. The fourth-order valence-corrected chi connectivity index (χ4v) is 1.63. The zero-order chi connectivity index (χ0) is 14.3. The van der Waals surface area contributed by atoms with E-state index in [0.29, 0.717) is 6.54 Å². The van der Waals surface area contributed by atoms with Crippen molar-refractivity contribution in [2.45, 2.75) is 13.8 Å². The third kappa shape index (κ3) is 5.72. The maximum Gasteiger partial charge on any atom is 0.242 e. The Morgan fingerprint density at radius 1 is 1.37 bits per heavy atom. The first kappa shape index (κ1) is 14.8. The number of carbonyl (C=O) groups excluding carboxylic acids is 1. The second-order valence-corrected chi connectivity index (χ2v) is 4.30. The number of carbonyl (C=O) groups is 1. The highest BCUT2D eigenvalue weighted by Gasteiger charge is 2.00. The number of hydrogen-bond acceptors (Lipinski definition) is 2. The monoisotopic (exact) mass is 260 g/mol. The molecule has 0 aliphatic carbocycles. The van der Waals surface area contributed by atoms with E-state index in [0.717, 1.165) is 16.8 Å². The van der Waals surface area contributed by atoms with Crippen LogP contribution in [0.15, 0.2) is 35.8 Å². The zero-order valence-electron chi connectivity index (χ0n) is 11.4. The first-order valence-corrected chi connectivity index (χ1v) is 6.04. The van der Waals surface area contributed by atoms with E-state index in [1.54, 1.807) is 6.08 Å². The molecule has 0 saturated carbocycles. The van der Waals surface area contributed by atoms with Crippen LogP contribution in [0.2, 0.25) is 0 Å². The summed E-state index contributed by atoms with van der Waals surface area (Å²) < 4.78 is 0. The van der Waals surface area contributed by atoms with Gasteiger partial charge in [-0.05, 0) is 37.1 Å². The van der Waals surface area contributed by atoms with Gasteiger partial charge in [0.15, 0.2) is 5.96 Å². The molecule has 0 heterocycles. The van der Waals surface area contributed by atoms with Gasteiger partial charge < -0.3 is 16.4 Å². The number of nitrogens with two attached hydrogens (primary N) is 1. The molecule has 0 fully saturated rings. The summed E-state index contributed by atoms with van der Waals surface area (Å²) in [7, 11) is 0. The van der Waals surface area contributed by atoms with E-state index in [1.165, 1.54) is 0 Å². The molecule has 1 aromatic carbocycles. The Balaban J connectivity index is 2.56. The minimum absolute atomic E-state index is 0.00251. The highest BCUT2D eigenvalue weighted by atomic mass is 16.1. The van der Waals surface area contributed by atoms with Crippen LogP contribution in [0.1, 0.15) is 11.1 Å². The lowest BCUT2D eigenvalue weighted by Crippen LogP contribution is -2.29. The summed E-state index contributed by atoms with van der Waals surface area (Å²) in [6.45, 7) is 7.96. The summed E-state index contributed by atoms with van der Waals surface area (Å²) in [6, 6.07) is 6.00. The average Bonchev–Trinajstić information content (AvgIpc) is 2.32. The second kappa shape index (κ2) is 7.20. The molecule has 4 N–H and O–H groups in total. The lowest BCUT2D eigenvalue weighted by molar-refractivity contribution is -0.119. The summed E-state index contributed by atoms with van der Waals surface area (Å²) in [6.07, 6.45) is 1.61. The first-order chi connectivity index (χ1) is 9.01. The number of amides is 1. The van der Waals surface area contributed by atoms with Crippen molar-refractivity contribution in [2.24, 2.45) is 10.7 Å². The molecule has 0 saturated heterocycles. The minimum atomic E-state index is -0.190. The van der Waals surface area contributed by atoms with Gasteiger partial charge in [0, 0.05) is 12.2 Å². The van der Waals surface area contributed by atoms with Crippen molar-refractivity contribution in [2.75, 3.05) is 18.4 Å². The van der Waals surface area contributed by atoms with Crippen LogP contribution in [-0.2, 0) is 4.79 Å². The molecule has 102 valence electrons. The fraction of sp³-hybridized carbons (Fsp3) is 0.286. The van der Waals surface area contributed by atoms with Gasteiger partial charge in [0.2, 0.25) is 5.91 Å². The normalized spacial score (nSPS) is 10.9. The minimum Gasteiger partial charge on any atom is -0.370 e. The molecule has 0 radical (unpaired) electrons. The molecule has 0 unspecified atom stereocenters. The van der Waals surface area contributed by atoms with E-state index < -0.39 is 0 Å². The molecule has 0 aliphatic heterocycles. The van der Waals surface area contributed by atoms with Crippen molar-refractivity contribution < 1.29 is 4.79 Å². The maximum atomic E-state index is 11.3. The second-order valence-electron chi connectivity index (χ2n) is 4.30. The van der Waals surface area contributed by atoms with Gasteiger partial charge in [-0.3, -0.25) is 4.79 Å². The van der Waals surface area contributed by atoms with Gasteiger partial charge in [-0.25, -0.2) is 4.99 Å². The van der Waals surface area contributed by atoms with Crippen LogP contribution in [0.5, 0.6) is 0 Å². The average molecular weight is 260 g/mol. The lowest BCUT2D eigenvalue weighted by Gasteiger charge is -2.08. The molecule has 0 aromatic heterocycles. The van der Waals surface area contributed by atoms with Crippen molar-refractivity contribution in [3.05, 3.63) is 42.0 Å². The van der Waals surface area contributed by atoms with Crippen LogP contribution in [0.3, 0.4) is 0 Å². The Kier molecular flexibility index (Phi) is 5.60. The van der Waals surface area contributed by atoms with E-state index >= 15 is 0 Å². The quantitative estimate of drug-likeness (QED) is 0.424. The molecule has 5 nitrogen and oxygen atoms in total. The molecule has 0 aliphatic rings. The number of nitrogens with one attached hydrogen (secondary N) is 2. The van der Waals surface area contributed by atoms with Crippen LogP contribution >= 0.6 is 0 Å². The molecule has 1 rings (SSSR count). The number of anilines is 1. The van der Waals surface area contributed by atoms with Gasteiger partial charge in [0.1, 0.15) is 6.54 Å². The number of aryl methyl sites for hydroxylation is 2. The molecular formula is C14H20N4O. The standard InChI is InChI=1S/C14H20N4O/c1-4-5-16-13(19)9-17-14(15)18-12-7-10(2)6-11(3)8-12/h4,6-8H,1,5,9H2,2-3H3,(H,16,19)(H3,15,17,18). The van der Waals surface area contributed by atoms with Gasteiger partial charge in [-0.1, -0.05) is 12.1 Å². The summed E-state index contributed by atoms with van der Waals surface area (Å²) in [5.41, 5.74) is 8.86. The van der Waals surface area contributed by atoms with E-state index in [2.05, 4.69) is 28.3 Å². The number of rotatable bonds is 5. The molecule has 0 spiro atoms. The molecule has 5 heteroatoms. The molecular weight excluding hydrogens is 240 g/mol. The fourth-order valence-electron chi connectivity index (χ4n) is 1.63. The lowest BCUT2D eigenvalue weighted by atomic mass is 10.1. The number of nitrogens with zero attached hydrogens (tertiary/aromatic N) is 1. The van der Waals surface area contributed by atoms with Crippen molar-refractivity contribution in [1.29, 1.82) is 0 Å². The van der Waals surface area contributed by atoms with Crippen molar-refractivity contribution >= 4 is 17.6 Å². The van der Waals surface area contributed by atoms with Crippen molar-refractivity contribution in [1.82, 2.24) is 5.32 Å². The Morgan fingerprint density at radius 3 is 2.58 bits per heavy atom. The van der Waals surface area contributed by atoms with Crippen LogP contribution < -0.4 is 16.4 Å². The van der Waals surface area contributed by atoms with E-state index in [9.17, 15) is 4.79 Å². The summed E-state index contributed by atoms with van der Waals surface area (Å²) in [4.78, 5) is 15.3. The SMILES string of the molecule is C=CCNC(=O)CN=C(N)Nc1cc(C)cc(C)c1. The number of hydrogen-bond donors (Lipinski definition) is 3. The number of guanidine groups is 1. The Morgan fingerprint density at radius 2 is 2.00 bits per heavy atom. The first-order valence-electron chi connectivity index (χ1n) is 6.04. The Labute approximate surface area is 113 Å². The van der Waals surface area contributed by atoms with Gasteiger partial charge in [-0.15, -0.1) is 6.58 Å². The van der Waals surface area contributed by atoms with Crippen LogP contribution in [0.25, 0.3) is 0 Å². The van der Waals surface area contributed by atoms with Crippen LogP contribution in [0.4, 0.5) is 5.69 Å². The molecule has 19 heavy (non-hydrogen) atoms. The highest BCUT2D eigenvalue weighted by Crippen LogP contribution is 2.13. The van der Waals surface area contributed by atoms with E-state index in [-0.39, 0.29) is 18.4 Å². The molecule has 1 amide bonds. The van der Waals surface area contributed by atoms with Crippen LogP contribution in [0, 0.1) is 13.8 Å². The predicted molar refractivity (Wildman–Crippen MR) is 79.2 cm³/mol. The van der Waals surface area contributed by atoms with Gasteiger partial charge >= 0.3 is 0 Å². The summed E-state index contributed by atoms with van der Waals surface area (Å²) >= 11 is 0. The van der Waals surface area contributed by atoms with Gasteiger partial charge in [-0.2, -0.15) is 0 Å². The third-order valence-corrected chi connectivity index (χ3v) is 2.33. The smallest absolute Gasteiger partial charge is 0.242 e. The zero-order valence-corrected chi connectivity index (χ0v) is 11.4. The van der Waals surface area contributed by atoms with Crippen molar-refractivity contribution in [3.8, 4) is 0 Å². The molecule has 1 aromatic rings. The van der Waals surface area contributed by atoms with Crippen LogP contribution in [-0.4, -0.2) is 25.0 Å². The predicted octanol–water partition coefficient (Wildman–Crippen LogP) is 1.33. The van der Waals surface area contributed by atoms with Gasteiger partial charge in [0.05, 0.1) is 0 Å². The Hall–Kier alpha value is -2.30. The number of benzene rings is 1. The maximum absolute atomic E-state index is 11.3. The molecule has 0 bridgehead atoms. The van der Waals surface area contributed by atoms with Gasteiger partial charge in [0.25, 0.3) is 0 Å². The summed E-state index contributed by atoms with van der Waals surface area (Å²) in [5.74, 6) is 0.0313. The van der Waals surface area contributed by atoms with E-state index in [4.69, 9.17) is 5.73 Å². The topological polar surface area (TPSA) is 79.5 Å². The number of aliphatic imine (C=N–C) groups is 1. The van der Waals surface area contributed by atoms with E-state index in [1.807, 2.05) is 26.0 Å². The Bertz CT molecular complexity index is 474. The van der Waals surface area contributed by atoms with Crippen molar-refractivity contribution in [3.63, 3.8) is 0 Å². The highest BCUT2D eigenvalue weighted by molar-refractivity contribution is 5.94. The molecule has 0 atom stereocenters. The largest absolute Gasteiger partial charge is 0.370 e.